The minimum absolute atomic E-state index is 0.108. The molecule has 2 aromatic carbocycles. The number of carbonyl (C=O) groups excluding carboxylic acids is 3. The van der Waals surface area contributed by atoms with Crippen molar-refractivity contribution in [1.82, 2.24) is 25.3 Å². The van der Waals surface area contributed by atoms with E-state index in [0.29, 0.717) is 54.6 Å². The first kappa shape index (κ1) is 30.6. The Bertz CT molecular complexity index is 1570. The predicted octanol–water partition coefficient (Wildman–Crippen LogP) is 4.26. The summed E-state index contributed by atoms with van der Waals surface area (Å²) in [4.78, 5) is 44.1. The summed E-state index contributed by atoms with van der Waals surface area (Å²) in [6.45, 7) is 6.89. The van der Waals surface area contributed by atoms with Crippen LogP contribution in [0.5, 0.6) is 17.2 Å². The van der Waals surface area contributed by atoms with Gasteiger partial charge >= 0.3 is 0 Å². The van der Waals surface area contributed by atoms with Crippen molar-refractivity contribution in [3.05, 3.63) is 70.5 Å². The van der Waals surface area contributed by atoms with E-state index in [0.717, 1.165) is 42.5 Å². The van der Waals surface area contributed by atoms with Crippen LogP contribution in [0.1, 0.15) is 77.7 Å². The third-order valence-electron chi connectivity index (χ3n) is 8.54. The van der Waals surface area contributed by atoms with Gasteiger partial charge in [0.1, 0.15) is 17.2 Å². The lowest BCUT2D eigenvalue weighted by molar-refractivity contribution is -0.124. The van der Waals surface area contributed by atoms with Crippen molar-refractivity contribution in [3.8, 4) is 17.2 Å². The van der Waals surface area contributed by atoms with Crippen LogP contribution in [-0.2, 0) is 29.0 Å². The summed E-state index contributed by atoms with van der Waals surface area (Å²) in [6.07, 6.45) is 3.96. The maximum absolute atomic E-state index is 13.7. The Labute approximate surface area is 263 Å². The van der Waals surface area contributed by atoms with E-state index in [9.17, 15) is 14.4 Å². The summed E-state index contributed by atoms with van der Waals surface area (Å²) in [7, 11) is 0. The van der Waals surface area contributed by atoms with Gasteiger partial charge in [0.2, 0.25) is 5.91 Å². The molecule has 1 aromatic heterocycles. The molecule has 6 rings (SSSR count). The van der Waals surface area contributed by atoms with Gasteiger partial charge < -0.3 is 29.3 Å². The normalized spacial score (nSPS) is 20.6. The second-order valence-corrected chi connectivity index (χ2v) is 12.2. The molecule has 2 atom stereocenters. The van der Waals surface area contributed by atoms with Gasteiger partial charge in [0.05, 0.1) is 31.4 Å². The third kappa shape index (κ3) is 6.98. The molecule has 0 saturated carbocycles. The number of rotatable bonds is 4. The van der Waals surface area contributed by atoms with Crippen molar-refractivity contribution in [1.29, 1.82) is 0 Å². The van der Waals surface area contributed by atoms with Crippen molar-refractivity contribution in [3.63, 3.8) is 0 Å². The zero-order valence-corrected chi connectivity index (χ0v) is 26.1. The third-order valence-corrected chi connectivity index (χ3v) is 8.54. The van der Waals surface area contributed by atoms with Gasteiger partial charge in [0.15, 0.2) is 5.69 Å². The van der Waals surface area contributed by atoms with E-state index in [1.54, 1.807) is 23.1 Å². The highest BCUT2D eigenvalue weighted by atomic mass is 16.5. The van der Waals surface area contributed by atoms with Crippen LogP contribution in [0.3, 0.4) is 0 Å². The van der Waals surface area contributed by atoms with Gasteiger partial charge in [-0.2, -0.15) is 5.10 Å². The maximum Gasteiger partial charge on any atom is 0.274 e. The second-order valence-electron chi connectivity index (χ2n) is 12.2. The molecule has 238 valence electrons. The molecule has 2 aliphatic heterocycles. The maximum atomic E-state index is 13.7. The summed E-state index contributed by atoms with van der Waals surface area (Å²) >= 11 is 0. The van der Waals surface area contributed by atoms with Crippen molar-refractivity contribution in [2.75, 3.05) is 26.2 Å². The molecule has 4 bridgehead atoms. The number of carbonyl (C=O) groups is 3. The van der Waals surface area contributed by atoms with Crippen LogP contribution in [0.15, 0.2) is 42.5 Å². The molecule has 11 nitrogen and oxygen atoms in total. The van der Waals surface area contributed by atoms with E-state index in [2.05, 4.69) is 15.5 Å². The number of hydrogen-bond acceptors (Lipinski definition) is 7. The predicted molar refractivity (Wildman–Crippen MR) is 167 cm³/mol. The van der Waals surface area contributed by atoms with Crippen LogP contribution >= 0.6 is 0 Å². The number of aromatic nitrogens is 2. The second kappa shape index (κ2) is 13.3. The molecule has 3 aliphatic rings. The highest BCUT2D eigenvalue weighted by molar-refractivity contribution is 5.97. The monoisotopic (exact) mass is 615 g/mol. The molecule has 1 fully saturated rings. The Balaban J connectivity index is 1.28. The van der Waals surface area contributed by atoms with Gasteiger partial charge in [-0.25, -0.2) is 0 Å². The largest absolute Gasteiger partial charge is 0.491 e. The van der Waals surface area contributed by atoms with Crippen LogP contribution in [0.2, 0.25) is 0 Å². The lowest BCUT2D eigenvalue weighted by Gasteiger charge is -2.39. The SMILES string of the molecule is CCN1CC(=O)N[C@H]2CN(C(=O)c3n[nH]c4c3CCCC4)CC[C@@H]2OCc2cccc(c2)Oc2cc(OC(C)C)cc(c2)C1=O. The fourth-order valence-corrected chi connectivity index (χ4v) is 6.33. The van der Waals surface area contributed by atoms with Crippen molar-refractivity contribution in [2.24, 2.45) is 0 Å². The van der Waals surface area contributed by atoms with E-state index in [-0.39, 0.29) is 43.0 Å². The van der Waals surface area contributed by atoms with Crippen LogP contribution in [-0.4, -0.2) is 82.1 Å². The lowest BCUT2D eigenvalue weighted by atomic mass is 9.95. The molecule has 3 heterocycles. The number of amides is 3. The van der Waals surface area contributed by atoms with Crippen molar-refractivity contribution in [2.45, 2.75) is 77.7 Å². The highest BCUT2D eigenvalue weighted by Gasteiger charge is 2.36. The number of nitrogens with one attached hydrogen (secondary N) is 2. The number of benzene rings is 2. The van der Waals surface area contributed by atoms with Gasteiger partial charge in [0, 0.05) is 42.5 Å². The first-order valence-corrected chi connectivity index (χ1v) is 15.9. The van der Waals surface area contributed by atoms with E-state index in [4.69, 9.17) is 14.2 Å². The Kier molecular flexibility index (Phi) is 9.07. The van der Waals surface area contributed by atoms with Crippen LogP contribution in [0.25, 0.3) is 0 Å². The molecular weight excluding hydrogens is 574 g/mol. The zero-order chi connectivity index (χ0) is 31.5. The minimum atomic E-state index is -0.472. The van der Waals surface area contributed by atoms with Gasteiger partial charge in [-0.05, 0) is 82.7 Å². The molecular formula is C34H41N5O6. The number of nitrogens with zero attached hydrogens (tertiary/aromatic N) is 3. The van der Waals surface area contributed by atoms with Crippen LogP contribution < -0.4 is 14.8 Å². The number of H-pyrrole nitrogens is 1. The average molecular weight is 616 g/mol. The van der Waals surface area contributed by atoms with Crippen LogP contribution in [0, 0.1) is 0 Å². The van der Waals surface area contributed by atoms with E-state index in [1.807, 2.05) is 45.0 Å². The van der Waals surface area contributed by atoms with Gasteiger partial charge in [-0.1, -0.05) is 12.1 Å². The quantitative estimate of drug-likeness (QED) is 0.449. The van der Waals surface area contributed by atoms with E-state index < -0.39 is 6.04 Å². The van der Waals surface area contributed by atoms with Crippen molar-refractivity contribution < 1.29 is 28.6 Å². The number of aryl methyl sites for hydroxylation is 1. The smallest absolute Gasteiger partial charge is 0.274 e. The number of aromatic amines is 1. The number of piperidine rings is 1. The number of ether oxygens (including phenoxy) is 3. The highest BCUT2D eigenvalue weighted by Crippen LogP contribution is 2.30. The minimum Gasteiger partial charge on any atom is -0.491 e. The van der Waals surface area contributed by atoms with Gasteiger partial charge in [-0.15, -0.1) is 0 Å². The lowest BCUT2D eigenvalue weighted by Crippen LogP contribution is -2.58. The Morgan fingerprint density at radius 1 is 1.11 bits per heavy atom. The molecule has 2 N–H and O–H groups in total. The Morgan fingerprint density at radius 2 is 1.96 bits per heavy atom. The molecule has 0 unspecified atom stereocenters. The summed E-state index contributed by atoms with van der Waals surface area (Å²) in [6, 6.07) is 12.2. The number of fused-ring (bicyclic) bond motifs is 6. The van der Waals surface area contributed by atoms with E-state index >= 15 is 0 Å². The summed E-state index contributed by atoms with van der Waals surface area (Å²) in [5.41, 5.74) is 3.79. The molecule has 0 radical (unpaired) electrons. The molecule has 11 heteroatoms. The summed E-state index contributed by atoms with van der Waals surface area (Å²) < 4.78 is 18.5. The first-order chi connectivity index (χ1) is 21.8. The average Bonchev–Trinajstić information content (AvgIpc) is 3.46. The summed E-state index contributed by atoms with van der Waals surface area (Å²) in [5, 5.41) is 10.5. The fraction of sp³-hybridized carbons (Fsp3) is 0.471. The topological polar surface area (TPSA) is 126 Å². The van der Waals surface area contributed by atoms with Crippen LogP contribution in [0.4, 0.5) is 0 Å². The number of likely N-dealkylation sites (N-methyl/N-ethyl adjacent to an activating group) is 1. The number of hydrogen-bond donors (Lipinski definition) is 2. The Hall–Kier alpha value is -4.38. The van der Waals surface area contributed by atoms with Gasteiger partial charge in [-0.3, -0.25) is 19.5 Å². The van der Waals surface area contributed by atoms with E-state index in [1.165, 1.54) is 4.90 Å². The fourth-order valence-electron chi connectivity index (χ4n) is 6.33. The number of likely N-dealkylation sites (tertiary alicyclic amines) is 1. The standard InChI is InChI=1S/C34H41N5O6/c1-4-38-19-31(40)35-29-18-39(34(42)32-27-10-5-6-11-28(27)36-37-32)13-12-30(29)43-20-22-8-7-9-24(14-22)45-26-16-23(33(38)41)15-25(17-26)44-21(2)3/h7-9,14-17,21,29-30H,4-6,10-13,18-20H2,1-3H3,(H,35,40)(H,36,37)/t29-,30-/m0/s1. The molecule has 1 aliphatic carbocycles. The molecule has 3 amide bonds. The Morgan fingerprint density at radius 3 is 2.78 bits per heavy atom. The molecule has 1 saturated heterocycles. The molecule has 45 heavy (non-hydrogen) atoms. The summed E-state index contributed by atoms with van der Waals surface area (Å²) in [5.74, 6) is 0.781. The molecule has 0 spiro atoms. The van der Waals surface area contributed by atoms with Crippen molar-refractivity contribution >= 4 is 17.7 Å². The zero-order valence-electron chi connectivity index (χ0n) is 26.1. The molecule has 3 aromatic rings. The van der Waals surface area contributed by atoms with Gasteiger partial charge in [0.25, 0.3) is 11.8 Å². The first-order valence-electron chi connectivity index (χ1n) is 15.9.